The first-order valence-electron chi connectivity index (χ1n) is 3.81. The maximum Gasteiger partial charge on any atom is 0.0704 e. The molecule has 0 aliphatic rings. The minimum Gasteiger partial charge on any atom is -0.316 e. The molecule has 1 rings (SSSR count). The summed E-state index contributed by atoms with van der Waals surface area (Å²) < 4.78 is 1.19. The lowest BCUT2D eigenvalue weighted by molar-refractivity contribution is 0.920. The van der Waals surface area contributed by atoms with Crippen molar-refractivity contribution >= 4 is 32.8 Å². The van der Waals surface area contributed by atoms with Crippen LogP contribution in [-0.4, -0.2) is 13.6 Å². The Kier molecular flexibility index (Phi) is 3.98. The van der Waals surface area contributed by atoms with Gasteiger partial charge in [-0.2, -0.15) is 0 Å². The molecule has 1 heterocycles. The third kappa shape index (κ3) is 2.73. The number of allylic oxidation sites excluding steroid dienone is 1. The molecule has 0 bridgehead atoms. The van der Waals surface area contributed by atoms with Gasteiger partial charge in [0.05, 0.1) is 3.79 Å². The van der Waals surface area contributed by atoms with E-state index in [1.807, 2.05) is 7.05 Å². The van der Waals surface area contributed by atoms with E-state index in [0.717, 1.165) is 6.54 Å². The number of thiophene rings is 1. The fourth-order valence-corrected chi connectivity index (χ4v) is 2.26. The number of hydrogen-bond acceptors (Lipinski definition) is 2. The molecule has 1 aromatic heterocycles. The summed E-state index contributed by atoms with van der Waals surface area (Å²) in [6.45, 7) is 3.07. The molecule has 0 amide bonds. The third-order valence-electron chi connectivity index (χ3n) is 1.57. The zero-order chi connectivity index (χ0) is 8.97. The van der Waals surface area contributed by atoms with Gasteiger partial charge in [0.15, 0.2) is 0 Å². The Morgan fingerprint density at radius 1 is 1.67 bits per heavy atom. The molecule has 1 N–H and O–H groups in total. The summed E-state index contributed by atoms with van der Waals surface area (Å²) in [7, 11) is 1.95. The van der Waals surface area contributed by atoms with E-state index in [-0.39, 0.29) is 0 Å². The second kappa shape index (κ2) is 4.80. The van der Waals surface area contributed by atoms with Crippen molar-refractivity contribution in [2.45, 2.75) is 6.92 Å². The van der Waals surface area contributed by atoms with Crippen LogP contribution in [0.2, 0.25) is 0 Å². The monoisotopic (exact) mass is 245 g/mol. The first-order valence-corrected chi connectivity index (χ1v) is 5.42. The average molecular weight is 246 g/mol. The van der Waals surface area contributed by atoms with E-state index in [0.29, 0.717) is 0 Å². The van der Waals surface area contributed by atoms with E-state index in [1.165, 1.54) is 14.2 Å². The summed E-state index contributed by atoms with van der Waals surface area (Å²) in [5.74, 6) is 0. The zero-order valence-corrected chi connectivity index (χ0v) is 9.63. The standard InChI is InChI=1S/C9H12BrNS/c1-7(5-6-11-2)8-3-4-9(10)12-8/h3-5,11H,6H2,1-2H3/b7-5-. The summed E-state index contributed by atoms with van der Waals surface area (Å²) in [4.78, 5) is 1.33. The van der Waals surface area contributed by atoms with E-state index in [4.69, 9.17) is 0 Å². The van der Waals surface area contributed by atoms with Crippen LogP contribution in [0.4, 0.5) is 0 Å². The summed E-state index contributed by atoms with van der Waals surface area (Å²) in [6.07, 6.45) is 2.19. The zero-order valence-electron chi connectivity index (χ0n) is 7.23. The smallest absolute Gasteiger partial charge is 0.0704 e. The van der Waals surface area contributed by atoms with E-state index < -0.39 is 0 Å². The summed E-state index contributed by atoms with van der Waals surface area (Å²) in [6, 6.07) is 4.22. The van der Waals surface area contributed by atoms with E-state index in [1.54, 1.807) is 11.3 Å². The van der Waals surface area contributed by atoms with Gasteiger partial charge in [0, 0.05) is 11.4 Å². The maximum atomic E-state index is 3.44. The van der Waals surface area contributed by atoms with Gasteiger partial charge in [-0.1, -0.05) is 6.08 Å². The molecule has 0 atom stereocenters. The molecule has 0 unspecified atom stereocenters. The van der Waals surface area contributed by atoms with Crippen LogP contribution >= 0.6 is 27.3 Å². The molecular weight excluding hydrogens is 234 g/mol. The number of hydrogen-bond donors (Lipinski definition) is 1. The quantitative estimate of drug-likeness (QED) is 0.863. The van der Waals surface area contributed by atoms with Gasteiger partial charge in [-0.25, -0.2) is 0 Å². The van der Waals surface area contributed by atoms with Gasteiger partial charge in [0.2, 0.25) is 0 Å². The maximum absolute atomic E-state index is 3.44. The minimum absolute atomic E-state index is 0.932. The number of likely N-dealkylation sites (N-methyl/N-ethyl adjacent to an activating group) is 1. The van der Waals surface area contributed by atoms with Crippen molar-refractivity contribution in [1.29, 1.82) is 0 Å². The average Bonchev–Trinajstić information content (AvgIpc) is 2.47. The Bertz CT molecular complexity index is 278. The number of rotatable bonds is 3. The van der Waals surface area contributed by atoms with Crippen LogP contribution in [0.25, 0.3) is 5.57 Å². The van der Waals surface area contributed by atoms with Gasteiger partial charge in [0.25, 0.3) is 0 Å². The highest BCUT2D eigenvalue weighted by atomic mass is 79.9. The van der Waals surface area contributed by atoms with Crippen molar-refractivity contribution in [3.05, 3.63) is 26.9 Å². The molecule has 1 aromatic rings. The SMILES string of the molecule is CNC/C=C(/C)c1ccc(Br)s1. The first-order chi connectivity index (χ1) is 5.74. The molecular formula is C9H12BrNS. The van der Waals surface area contributed by atoms with Gasteiger partial charge >= 0.3 is 0 Å². The van der Waals surface area contributed by atoms with Gasteiger partial charge in [-0.15, -0.1) is 11.3 Å². The highest BCUT2D eigenvalue weighted by molar-refractivity contribution is 9.11. The predicted octanol–water partition coefficient (Wildman–Crippen LogP) is 3.13. The van der Waals surface area contributed by atoms with Crippen LogP contribution in [0.1, 0.15) is 11.8 Å². The summed E-state index contributed by atoms with van der Waals surface area (Å²) in [5, 5.41) is 3.09. The van der Waals surface area contributed by atoms with Gasteiger partial charge < -0.3 is 5.32 Å². The molecule has 1 nitrogen and oxygen atoms in total. The van der Waals surface area contributed by atoms with Crippen molar-refractivity contribution in [3.63, 3.8) is 0 Å². The van der Waals surface area contributed by atoms with Crippen LogP contribution in [0, 0.1) is 0 Å². The van der Waals surface area contributed by atoms with Gasteiger partial charge in [0.1, 0.15) is 0 Å². The Morgan fingerprint density at radius 3 is 2.92 bits per heavy atom. The van der Waals surface area contributed by atoms with Gasteiger partial charge in [-0.3, -0.25) is 0 Å². The lowest BCUT2D eigenvalue weighted by atomic mass is 10.2. The molecule has 0 aliphatic carbocycles. The van der Waals surface area contributed by atoms with E-state index in [2.05, 4.69) is 46.4 Å². The van der Waals surface area contributed by atoms with Crippen molar-refractivity contribution in [3.8, 4) is 0 Å². The fourth-order valence-electron chi connectivity index (χ4n) is 0.882. The summed E-state index contributed by atoms with van der Waals surface area (Å²) in [5.41, 5.74) is 1.33. The molecule has 3 heteroatoms. The number of halogens is 1. The fraction of sp³-hybridized carbons (Fsp3) is 0.333. The molecule has 0 aromatic carbocycles. The lowest BCUT2D eigenvalue weighted by Crippen LogP contribution is -2.04. The molecule has 0 radical (unpaired) electrons. The van der Waals surface area contributed by atoms with Crippen molar-refractivity contribution in [2.24, 2.45) is 0 Å². The highest BCUT2D eigenvalue weighted by Crippen LogP contribution is 2.27. The second-order valence-electron chi connectivity index (χ2n) is 2.55. The lowest BCUT2D eigenvalue weighted by Gasteiger charge is -1.95. The Hall–Kier alpha value is -0.120. The molecule has 0 saturated carbocycles. The van der Waals surface area contributed by atoms with Gasteiger partial charge in [-0.05, 0) is 47.6 Å². The predicted molar refractivity (Wildman–Crippen MR) is 59.6 cm³/mol. The topological polar surface area (TPSA) is 12.0 Å². The van der Waals surface area contributed by atoms with E-state index >= 15 is 0 Å². The Morgan fingerprint density at radius 2 is 2.42 bits per heavy atom. The Balaban J connectivity index is 2.70. The van der Waals surface area contributed by atoms with Crippen LogP contribution in [0.3, 0.4) is 0 Å². The van der Waals surface area contributed by atoms with Crippen LogP contribution < -0.4 is 5.32 Å². The van der Waals surface area contributed by atoms with Crippen LogP contribution in [0.5, 0.6) is 0 Å². The molecule has 12 heavy (non-hydrogen) atoms. The molecule has 0 spiro atoms. The highest BCUT2D eigenvalue weighted by Gasteiger charge is 1.98. The molecule has 0 fully saturated rings. The van der Waals surface area contributed by atoms with Crippen molar-refractivity contribution in [2.75, 3.05) is 13.6 Å². The van der Waals surface area contributed by atoms with Crippen LogP contribution in [-0.2, 0) is 0 Å². The second-order valence-corrected chi connectivity index (χ2v) is 5.01. The molecule has 0 saturated heterocycles. The Labute approximate surface area is 85.6 Å². The third-order valence-corrected chi connectivity index (χ3v) is 3.33. The van der Waals surface area contributed by atoms with Crippen molar-refractivity contribution < 1.29 is 0 Å². The largest absolute Gasteiger partial charge is 0.316 e. The van der Waals surface area contributed by atoms with E-state index in [9.17, 15) is 0 Å². The minimum atomic E-state index is 0.932. The van der Waals surface area contributed by atoms with Crippen molar-refractivity contribution in [1.82, 2.24) is 5.32 Å². The van der Waals surface area contributed by atoms with Crippen LogP contribution in [0.15, 0.2) is 22.0 Å². The first kappa shape index (κ1) is 9.96. The normalized spacial score (nSPS) is 12.1. The summed E-state index contributed by atoms with van der Waals surface area (Å²) >= 11 is 5.21. The number of nitrogens with one attached hydrogen (secondary N) is 1. The molecule has 0 aliphatic heterocycles. The molecule has 66 valence electrons.